The minimum absolute atomic E-state index is 0.235. The average Bonchev–Trinajstić information content (AvgIpc) is 2.55. The fourth-order valence-corrected chi connectivity index (χ4v) is 5.18. The molecule has 1 atom stereocenters. The van der Waals surface area contributed by atoms with Crippen molar-refractivity contribution in [1.29, 1.82) is 0 Å². The summed E-state index contributed by atoms with van der Waals surface area (Å²) in [5.41, 5.74) is 2.08. The van der Waals surface area contributed by atoms with E-state index in [-0.39, 0.29) is 6.04 Å². The minimum atomic E-state index is -3.54. The topological polar surface area (TPSA) is 46.2 Å². The van der Waals surface area contributed by atoms with Crippen molar-refractivity contribution in [2.75, 3.05) is 5.75 Å². The molecule has 0 spiro atoms. The molecule has 122 valence electrons. The lowest BCUT2D eigenvalue weighted by Crippen LogP contribution is -2.30. The van der Waals surface area contributed by atoms with E-state index in [0.29, 0.717) is 9.92 Å². The van der Waals surface area contributed by atoms with E-state index in [2.05, 4.69) is 4.72 Å². The van der Waals surface area contributed by atoms with Crippen LogP contribution in [-0.4, -0.2) is 14.2 Å². The zero-order valence-corrected chi connectivity index (χ0v) is 15.1. The summed E-state index contributed by atoms with van der Waals surface area (Å²) in [6.45, 7) is 2.04. The third kappa shape index (κ3) is 3.74. The molecule has 1 aliphatic heterocycles. The number of fused-ring (bicyclic) bond motifs is 1. The largest absolute Gasteiger partial charge is 0.241 e. The van der Waals surface area contributed by atoms with Crippen LogP contribution in [0.25, 0.3) is 0 Å². The highest BCUT2D eigenvalue weighted by Crippen LogP contribution is 2.38. The quantitative estimate of drug-likeness (QED) is 0.870. The Balaban J connectivity index is 1.88. The number of aryl methyl sites for hydroxylation is 1. The van der Waals surface area contributed by atoms with Crippen LogP contribution in [0.5, 0.6) is 0 Å². The molecule has 0 bridgehead atoms. The maximum absolute atomic E-state index is 12.6. The van der Waals surface area contributed by atoms with E-state index in [1.165, 1.54) is 0 Å². The zero-order chi connectivity index (χ0) is 16.4. The highest BCUT2D eigenvalue weighted by atomic mass is 35.5. The Morgan fingerprint density at radius 2 is 1.96 bits per heavy atom. The van der Waals surface area contributed by atoms with E-state index in [9.17, 15) is 8.42 Å². The number of benzene rings is 2. The molecular formula is C17H18ClNO2S2. The summed E-state index contributed by atoms with van der Waals surface area (Å²) in [6.07, 6.45) is 1.64. The summed E-state index contributed by atoms with van der Waals surface area (Å²) in [4.78, 5) is 1.39. The van der Waals surface area contributed by atoms with E-state index >= 15 is 0 Å². The van der Waals surface area contributed by atoms with E-state index in [4.69, 9.17) is 11.6 Å². The number of sulfonamides is 1. The van der Waals surface area contributed by atoms with Gasteiger partial charge in [0.15, 0.2) is 0 Å². The monoisotopic (exact) mass is 367 g/mol. The van der Waals surface area contributed by atoms with Gasteiger partial charge >= 0.3 is 0 Å². The van der Waals surface area contributed by atoms with E-state index < -0.39 is 10.0 Å². The van der Waals surface area contributed by atoms with Crippen molar-refractivity contribution in [3.8, 4) is 0 Å². The second-order valence-corrected chi connectivity index (χ2v) is 8.78. The smallest absolute Gasteiger partial charge is 0.207 e. The molecule has 1 N–H and O–H groups in total. The fraction of sp³-hybridized carbons (Fsp3) is 0.294. The van der Waals surface area contributed by atoms with Crippen LogP contribution < -0.4 is 4.72 Å². The van der Waals surface area contributed by atoms with Gasteiger partial charge in [-0.05, 0) is 60.1 Å². The van der Waals surface area contributed by atoms with Crippen molar-refractivity contribution in [2.45, 2.75) is 35.6 Å². The summed E-state index contributed by atoms with van der Waals surface area (Å²) in [5.74, 6) is 0.886. The second-order valence-electron chi connectivity index (χ2n) is 5.49. The average molecular weight is 368 g/mol. The Labute approximate surface area is 146 Å². The summed E-state index contributed by atoms with van der Waals surface area (Å²) < 4.78 is 28.1. The highest BCUT2D eigenvalue weighted by molar-refractivity contribution is 7.99. The van der Waals surface area contributed by atoms with Crippen LogP contribution in [0.2, 0.25) is 5.02 Å². The van der Waals surface area contributed by atoms with Crippen molar-refractivity contribution in [3.05, 3.63) is 58.6 Å². The first-order chi connectivity index (χ1) is 11.0. The lowest BCUT2D eigenvalue weighted by atomic mass is 10.1. The van der Waals surface area contributed by atoms with Gasteiger partial charge in [0.25, 0.3) is 0 Å². The summed E-state index contributed by atoms with van der Waals surface area (Å²) in [6, 6.07) is 12.5. The first kappa shape index (κ1) is 16.8. The normalized spacial score (nSPS) is 17.7. The second kappa shape index (κ2) is 6.85. The molecule has 23 heavy (non-hydrogen) atoms. The molecule has 0 aromatic heterocycles. The predicted molar refractivity (Wildman–Crippen MR) is 95.7 cm³/mol. The molecule has 3 nitrogen and oxygen atoms in total. The van der Waals surface area contributed by atoms with Gasteiger partial charge in [0.2, 0.25) is 10.0 Å². The van der Waals surface area contributed by atoms with Crippen LogP contribution in [0, 0.1) is 0 Å². The molecule has 2 aromatic rings. The third-order valence-corrected chi connectivity index (χ3v) is 6.80. The van der Waals surface area contributed by atoms with Crippen LogP contribution >= 0.6 is 23.4 Å². The van der Waals surface area contributed by atoms with Gasteiger partial charge in [0.05, 0.1) is 4.90 Å². The Hall–Kier alpha value is -1.01. The van der Waals surface area contributed by atoms with Crippen LogP contribution in [0.4, 0.5) is 0 Å². The molecule has 6 heteroatoms. The van der Waals surface area contributed by atoms with Gasteiger partial charge in [-0.25, -0.2) is 13.1 Å². The van der Waals surface area contributed by atoms with Crippen molar-refractivity contribution < 1.29 is 8.42 Å². The zero-order valence-electron chi connectivity index (χ0n) is 12.8. The molecule has 2 aromatic carbocycles. The van der Waals surface area contributed by atoms with Gasteiger partial charge in [-0.1, -0.05) is 30.7 Å². The SMILES string of the molecule is CCc1ccc(S(=O)(=O)NC2CCSc3ccc(Cl)cc32)cc1. The molecule has 0 fully saturated rings. The number of rotatable bonds is 4. The van der Waals surface area contributed by atoms with Crippen molar-refractivity contribution in [2.24, 2.45) is 0 Å². The molecule has 0 saturated carbocycles. The Bertz CT molecular complexity index is 804. The van der Waals surface area contributed by atoms with Crippen molar-refractivity contribution in [1.82, 2.24) is 4.72 Å². The molecule has 0 aliphatic carbocycles. The van der Waals surface area contributed by atoms with Crippen molar-refractivity contribution in [3.63, 3.8) is 0 Å². The molecule has 1 unspecified atom stereocenters. The maximum atomic E-state index is 12.6. The molecular weight excluding hydrogens is 350 g/mol. The van der Waals surface area contributed by atoms with Crippen molar-refractivity contribution >= 4 is 33.4 Å². The van der Waals surface area contributed by atoms with E-state index in [0.717, 1.165) is 34.6 Å². The van der Waals surface area contributed by atoms with Crippen LogP contribution in [0.1, 0.15) is 30.5 Å². The van der Waals surface area contributed by atoms with Gasteiger partial charge in [0.1, 0.15) is 0 Å². The van der Waals surface area contributed by atoms with Gasteiger partial charge in [-0.3, -0.25) is 0 Å². The number of thioether (sulfide) groups is 1. The molecule has 0 amide bonds. The molecule has 1 aliphatic rings. The maximum Gasteiger partial charge on any atom is 0.241 e. The van der Waals surface area contributed by atoms with Gasteiger partial charge in [-0.15, -0.1) is 11.8 Å². The van der Waals surface area contributed by atoms with Crippen LogP contribution in [0.15, 0.2) is 52.3 Å². The van der Waals surface area contributed by atoms with Gasteiger partial charge in [-0.2, -0.15) is 0 Å². The lowest BCUT2D eigenvalue weighted by Gasteiger charge is -2.26. The molecule has 0 radical (unpaired) electrons. The standard InChI is InChI=1S/C17H18ClNO2S2/c1-2-12-3-6-14(7-4-12)23(20,21)19-16-9-10-22-17-8-5-13(18)11-15(16)17/h3-8,11,16,19H,2,9-10H2,1H3. The minimum Gasteiger partial charge on any atom is -0.207 e. The summed E-state index contributed by atoms with van der Waals surface area (Å²) >= 11 is 7.81. The Kier molecular flexibility index (Phi) is 5.01. The Morgan fingerprint density at radius 3 is 2.65 bits per heavy atom. The molecule has 0 saturated heterocycles. The number of halogens is 1. The van der Waals surface area contributed by atoms with Crippen LogP contribution in [0.3, 0.4) is 0 Å². The van der Waals surface area contributed by atoms with Gasteiger partial charge in [0, 0.05) is 16.0 Å². The van der Waals surface area contributed by atoms with Crippen LogP contribution in [-0.2, 0) is 16.4 Å². The number of nitrogens with one attached hydrogen (secondary N) is 1. The molecule has 3 rings (SSSR count). The predicted octanol–water partition coefficient (Wildman–Crippen LogP) is 4.42. The first-order valence-corrected chi connectivity index (χ1v) is 10.4. The fourth-order valence-electron chi connectivity index (χ4n) is 2.65. The number of hydrogen-bond donors (Lipinski definition) is 1. The first-order valence-electron chi connectivity index (χ1n) is 7.53. The van der Waals surface area contributed by atoms with Gasteiger partial charge < -0.3 is 0 Å². The number of hydrogen-bond acceptors (Lipinski definition) is 3. The summed E-state index contributed by atoms with van der Waals surface area (Å²) in [7, 11) is -3.54. The lowest BCUT2D eigenvalue weighted by molar-refractivity contribution is 0.546. The van der Waals surface area contributed by atoms with E-state index in [1.54, 1.807) is 23.9 Å². The highest BCUT2D eigenvalue weighted by Gasteiger charge is 2.26. The summed E-state index contributed by atoms with van der Waals surface area (Å²) in [5, 5.41) is 0.628. The molecule has 1 heterocycles. The third-order valence-electron chi connectivity index (χ3n) is 3.95. The van der Waals surface area contributed by atoms with E-state index in [1.807, 2.05) is 37.3 Å². The Morgan fingerprint density at radius 1 is 1.22 bits per heavy atom.